The lowest BCUT2D eigenvalue weighted by Crippen LogP contribution is -2.23. The number of anilines is 1. The van der Waals surface area contributed by atoms with Crippen molar-refractivity contribution in [1.29, 1.82) is 0 Å². The van der Waals surface area contributed by atoms with Crippen LogP contribution in [0.1, 0.15) is 37.7 Å². The molecule has 106 valence electrons. The third-order valence-electron chi connectivity index (χ3n) is 3.75. The number of rotatable bonds is 6. The van der Waals surface area contributed by atoms with Gasteiger partial charge < -0.3 is 10.6 Å². The molecule has 1 aromatic carbocycles. The summed E-state index contributed by atoms with van der Waals surface area (Å²) in [6.07, 6.45) is 3.83. The molecule has 0 saturated heterocycles. The Hall–Kier alpha value is -1.88. The summed E-state index contributed by atoms with van der Waals surface area (Å²) in [6, 6.07) is 11.1. The monoisotopic (exact) mass is 271 g/mol. The zero-order chi connectivity index (χ0) is 13.8. The van der Waals surface area contributed by atoms with Crippen LogP contribution in [-0.4, -0.2) is 27.9 Å². The molecule has 5 nitrogen and oxygen atoms in total. The Bertz CT molecular complexity index is 536. The van der Waals surface area contributed by atoms with Gasteiger partial charge in [-0.3, -0.25) is 0 Å². The van der Waals surface area contributed by atoms with Crippen molar-refractivity contribution in [2.45, 2.75) is 31.8 Å². The summed E-state index contributed by atoms with van der Waals surface area (Å²) in [7, 11) is 0. The first-order valence-electron chi connectivity index (χ1n) is 7.26. The summed E-state index contributed by atoms with van der Waals surface area (Å²) >= 11 is 0. The van der Waals surface area contributed by atoms with Gasteiger partial charge >= 0.3 is 0 Å². The standard InChI is InChI=1S/C15H21N5/c1-12-10-14(15-18-11-19-20(12)15)17-9-5-8-16-13-6-3-2-4-7-13/h2-4,6-7,11-12,14,16-17H,5,8-10H2,1H3/t12-,14+/m1/s1. The Morgan fingerprint density at radius 3 is 2.95 bits per heavy atom. The second kappa shape index (κ2) is 6.05. The average Bonchev–Trinajstić information content (AvgIpc) is 3.05. The SMILES string of the molecule is C[C@@H]1C[C@H](NCCCNc2ccccc2)c2ncnn21. The van der Waals surface area contributed by atoms with Crippen molar-refractivity contribution in [2.24, 2.45) is 0 Å². The van der Waals surface area contributed by atoms with Crippen LogP contribution in [0, 0.1) is 0 Å². The van der Waals surface area contributed by atoms with Gasteiger partial charge in [-0.05, 0) is 38.4 Å². The van der Waals surface area contributed by atoms with E-state index in [2.05, 4.69) is 39.8 Å². The molecule has 1 aliphatic heterocycles. The van der Waals surface area contributed by atoms with E-state index in [0.29, 0.717) is 12.1 Å². The first-order chi connectivity index (χ1) is 9.84. The predicted molar refractivity (Wildman–Crippen MR) is 79.6 cm³/mol. The third kappa shape index (κ3) is 2.82. The van der Waals surface area contributed by atoms with Crippen LogP contribution in [0.4, 0.5) is 5.69 Å². The van der Waals surface area contributed by atoms with Crippen molar-refractivity contribution in [2.75, 3.05) is 18.4 Å². The highest BCUT2D eigenvalue weighted by atomic mass is 15.4. The Kier molecular flexibility index (Phi) is 3.97. The summed E-state index contributed by atoms with van der Waals surface area (Å²) in [6.45, 7) is 4.16. The number of aromatic nitrogens is 3. The molecule has 0 fully saturated rings. The highest BCUT2D eigenvalue weighted by molar-refractivity contribution is 5.42. The maximum atomic E-state index is 4.35. The van der Waals surface area contributed by atoms with Gasteiger partial charge in [-0.15, -0.1) is 0 Å². The molecule has 5 heteroatoms. The fraction of sp³-hybridized carbons (Fsp3) is 0.467. The fourth-order valence-electron chi connectivity index (χ4n) is 2.72. The quantitative estimate of drug-likeness (QED) is 0.792. The van der Waals surface area contributed by atoms with E-state index in [0.717, 1.165) is 31.8 Å². The molecule has 3 rings (SSSR count). The highest BCUT2D eigenvalue weighted by Gasteiger charge is 2.29. The number of nitrogens with zero attached hydrogens (tertiary/aromatic N) is 3. The zero-order valence-corrected chi connectivity index (χ0v) is 11.8. The van der Waals surface area contributed by atoms with Gasteiger partial charge in [0.2, 0.25) is 0 Å². The number of hydrogen-bond donors (Lipinski definition) is 2. The van der Waals surface area contributed by atoms with Gasteiger partial charge in [-0.1, -0.05) is 18.2 Å². The molecule has 0 radical (unpaired) electrons. The summed E-state index contributed by atoms with van der Waals surface area (Å²) in [5.41, 5.74) is 1.18. The first kappa shape index (κ1) is 13.1. The van der Waals surface area contributed by atoms with Crippen molar-refractivity contribution < 1.29 is 0 Å². The molecular formula is C15H21N5. The average molecular weight is 271 g/mol. The van der Waals surface area contributed by atoms with Crippen LogP contribution in [0.15, 0.2) is 36.7 Å². The summed E-state index contributed by atoms with van der Waals surface area (Å²) in [5.74, 6) is 1.08. The van der Waals surface area contributed by atoms with Gasteiger partial charge in [-0.2, -0.15) is 5.10 Å². The molecule has 0 spiro atoms. The first-order valence-corrected chi connectivity index (χ1v) is 7.26. The fourth-order valence-corrected chi connectivity index (χ4v) is 2.72. The van der Waals surface area contributed by atoms with E-state index in [1.807, 2.05) is 22.9 Å². The molecule has 2 N–H and O–H groups in total. The Labute approximate surface area is 119 Å². The van der Waals surface area contributed by atoms with Gasteiger partial charge in [0.1, 0.15) is 12.2 Å². The Morgan fingerprint density at radius 2 is 2.10 bits per heavy atom. The molecule has 2 aromatic rings. The molecule has 2 heterocycles. The van der Waals surface area contributed by atoms with Gasteiger partial charge in [0.25, 0.3) is 0 Å². The lowest BCUT2D eigenvalue weighted by atomic mass is 10.1. The van der Waals surface area contributed by atoms with Crippen LogP contribution >= 0.6 is 0 Å². The zero-order valence-electron chi connectivity index (χ0n) is 11.8. The van der Waals surface area contributed by atoms with Crippen LogP contribution in [0.5, 0.6) is 0 Å². The maximum Gasteiger partial charge on any atom is 0.144 e. The number of hydrogen-bond acceptors (Lipinski definition) is 4. The summed E-state index contributed by atoms with van der Waals surface area (Å²) in [5, 5.41) is 11.3. The molecule has 0 amide bonds. The molecule has 0 saturated carbocycles. The van der Waals surface area contributed by atoms with E-state index < -0.39 is 0 Å². The second-order valence-electron chi connectivity index (χ2n) is 5.30. The number of nitrogens with one attached hydrogen (secondary N) is 2. The van der Waals surface area contributed by atoms with E-state index >= 15 is 0 Å². The maximum absolute atomic E-state index is 4.35. The number of para-hydroxylation sites is 1. The van der Waals surface area contributed by atoms with Gasteiger partial charge in [0.15, 0.2) is 0 Å². The van der Waals surface area contributed by atoms with Gasteiger partial charge in [0, 0.05) is 12.2 Å². The van der Waals surface area contributed by atoms with Crippen LogP contribution in [0.25, 0.3) is 0 Å². The van der Waals surface area contributed by atoms with Crippen molar-refractivity contribution >= 4 is 5.69 Å². The molecule has 1 aromatic heterocycles. The molecule has 20 heavy (non-hydrogen) atoms. The lowest BCUT2D eigenvalue weighted by Gasteiger charge is -2.11. The Morgan fingerprint density at radius 1 is 1.25 bits per heavy atom. The van der Waals surface area contributed by atoms with Gasteiger partial charge in [-0.25, -0.2) is 9.67 Å². The summed E-state index contributed by atoms with van der Waals surface area (Å²) in [4.78, 5) is 4.35. The molecule has 1 aliphatic rings. The van der Waals surface area contributed by atoms with Crippen LogP contribution in [0.3, 0.4) is 0 Å². The van der Waals surface area contributed by atoms with E-state index in [1.54, 1.807) is 6.33 Å². The minimum Gasteiger partial charge on any atom is -0.385 e. The Balaban J connectivity index is 1.39. The van der Waals surface area contributed by atoms with Gasteiger partial charge in [0.05, 0.1) is 12.1 Å². The van der Waals surface area contributed by atoms with E-state index in [4.69, 9.17) is 0 Å². The normalized spacial score (nSPS) is 20.9. The van der Waals surface area contributed by atoms with Crippen LogP contribution in [0.2, 0.25) is 0 Å². The molecule has 0 bridgehead atoms. The number of benzene rings is 1. The minimum absolute atomic E-state index is 0.351. The molecule has 0 aliphatic carbocycles. The number of fused-ring (bicyclic) bond motifs is 1. The molecule has 0 unspecified atom stereocenters. The van der Waals surface area contributed by atoms with Crippen molar-refractivity contribution in [1.82, 2.24) is 20.1 Å². The minimum atomic E-state index is 0.351. The van der Waals surface area contributed by atoms with Crippen molar-refractivity contribution in [3.63, 3.8) is 0 Å². The van der Waals surface area contributed by atoms with Crippen molar-refractivity contribution in [3.8, 4) is 0 Å². The summed E-state index contributed by atoms with van der Waals surface area (Å²) < 4.78 is 2.03. The second-order valence-corrected chi connectivity index (χ2v) is 5.30. The van der Waals surface area contributed by atoms with Crippen molar-refractivity contribution in [3.05, 3.63) is 42.5 Å². The topological polar surface area (TPSA) is 54.8 Å². The van der Waals surface area contributed by atoms with E-state index in [1.165, 1.54) is 5.69 Å². The molecule has 2 atom stereocenters. The lowest BCUT2D eigenvalue weighted by molar-refractivity contribution is 0.466. The van der Waals surface area contributed by atoms with Crippen LogP contribution < -0.4 is 10.6 Å². The molecular weight excluding hydrogens is 250 g/mol. The van der Waals surface area contributed by atoms with E-state index in [9.17, 15) is 0 Å². The smallest absolute Gasteiger partial charge is 0.144 e. The predicted octanol–water partition coefficient (Wildman–Crippen LogP) is 2.38. The van der Waals surface area contributed by atoms with Crippen LogP contribution in [-0.2, 0) is 0 Å². The largest absolute Gasteiger partial charge is 0.385 e. The highest BCUT2D eigenvalue weighted by Crippen LogP contribution is 2.31. The third-order valence-corrected chi connectivity index (χ3v) is 3.75. The van der Waals surface area contributed by atoms with E-state index in [-0.39, 0.29) is 0 Å².